The fraction of sp³-hybridized carbons (Fsp3) is 0.300. The number of benzene rings is 1. The molecule has 0 saturated heterocycles. The number of aliphatic carboxylic acids is 1. The van der Waals surface area contributed by atoms with E-state index in [1.54, 1.807) is 0 Å². The summed E-state index contributed by atoms with van der Waals surface area (Å²) in [7, 11) is 0. The third kappa shape index (κ3) is 2.73. The quantitative estimate of drug-likeness (QED) is 0.776. The maximum absolute atomic E-state index is 12.2. The standard InChI is InChI=1S/C10H11FO3/c11-6-7-1-3-9(12)8(5-7)2-4-10(13)14/h1,3,5,12H,2,4,6H2,(H,13,14). The second-order valence-corrected chi connectivity index (χ2v) is 2.99. The molecule has 4 heteroatoms. The summed E-state index contributed by atoms with van der Waals surface area (Å²) in [6.45, 7) is -0.611. The molecule has 1 rings (SSSR count). The van der Waals surface area contributed by atoms with Gasteiger partial charge in [0.05, 0.1) is 0 Å². The van der Waals surface area contributed by atoms with Gasteiger partial charge in [0.25, 0.3) is 0 Å². The average Bonchev–Trinajstić information content (AvgIpc) is 2.16. The smallest absolute Gasteiger partial charge is 0.303 e. The van der Waals surface area contributed by atoms with Crippen LogP contribution in [0.3, 0.4) is 0 Å². The molecular formula is C10H11FO3. The number of carboxylic acids is 1. The zero-order valence-electron chi connectivity index (χ0n) is 7.53. The molecule has 0 atom stereocenters. The molecule has 1 aromatic carbocycles. The number of phenols is 1. The van der Waals surface area contributed by atoms with E-state index in [0.29, 0.717) is 11.1 Å². The van der Waals surface area contributed by atoms with Gasteiger partial charge >= 0.3 is 5.97 Å². The lowest BCUT2D eigenvalue weighted by molar-refractivity contribution is -0.136. The van der Waals surface area contributed by atoms with E-state index >= 15 is 0 Å². The summed E-state index contributed by atoms with van der Waals surface area (Å²) >= 11 is 0. The van der Waals surface area contributed by atoms with Gasteiger partial charge in [-0.05, 0) is 29.7 Å². The molecule has 2 N–H and O–H groups in total. The Morgan fingerprint density at radius 2 is 2.14 bits per heavy atom. The maximum Gasteiger partial charge on any atom is 0.303 e. The van der Waals surface area contributed by atoms with Gasteiger partial charge in [-0.25, -0.2) is 4.39 Å². The number of hydrogen-bond donors (Lipinski definition) is 2. The van der Waals surface area contributed by atoms with Crippen LogP contribution in [0, 0.1) is 0 Å². The molecule has 0 radical (unpaired) electrons. The van der Waals surface area contributed by atoms with Crippen molar-refractivity contribution >= 4 is 5.97 Å². The number of carbonyl (C=O) groups is 1. The van der Waals surface area contributed by atoms with Crippen molar-refractivity contribution in [2.75, 3.05) is 0 Å². The molecule has 0 aliphatic heterocycles. The first-order valence-corrected chi connectivity index (χ1v) is 4.22. The van der Waals surface area contributed by atoms with Crippen LogP contribution in [0.1, 0.15) is 17.5 Å². The number of aromatic hydroxyl groups is 1. The Kier molecular flexibility index (Phi) is 3.45. The third-order valence-electron chi connectivity index (χ3n) is 1.91. The van der Waals surface area contributed by atoms with E-state index in [1.807, 2.05) is 0 Å². The van der Waals surface area contributed by atoms with Gasteiger partial charge < -0.3 is 10.2 Å². The van der Waals surface area contributed by atoms with Crippen LogP contribution in [-0.2, 0) is 17.9 Å². The van der Waals surface area contributed by atoms with Crippen LogP contribution in [0.25, 0.3) is 0 Å². The summed E-state index contributed by atoms with van der Waals surface area (Å²) in [4.78, 5) is 10.3. The van der Waals surface area contributed by atoms with E-state index in [1.165, 1.54) is 18.2 Å². The van der Waals surface area contributed by atoms with Crippen LogP contribution >= 0.6 is 0 Å². The van der Waals surface area contributed by atoms with Crippen LogP contribution in [0.2, 0.25) is 0 Å². The second kappa shape index (κ2) is 4.60. The van der Waals surface area contributed by atoms with E-state index in [-0.39, 0.29) is 18.6 Å². The van der Waals surface area contributed by atoms with E-state index < -0.39 is 12.6 Å². The topological polar surface area (TPSA) is 57.5 Å². The minimum Gasteiger partial charge on any atom is -0.508 e. The molecule has 0 spiro atoms. The predicted molar refractivity (Wildman–Crippen MR) is 48.9 cm³/mol. The van der Waals surface area contributed by atoms with Gasteiger partial charge in [0.2, 0.25) is 0 Å². The average molecular weight is 198 g/mol. The van der Waals surface area contributed by atoms with Crippen molar-refractivity contribution in [2.45, 2.75) is 19.5 Å². The maximum atomic E-state index is 12.2. The Labute approximate surface area is 80.8 Å². The highest BCUT2D eigenvalue weighted by Gasteiger charge is 2.05. The summed E-state index contributed by atoms with van der Waals surface area (Å²) in [6, 6.07) is 4.34. The molecule has 0 fully saturated rings. The summed E-state index contributed by atoms with van der Waals surface area (Å²) in [5, 5.41) is 17.8. The number of alkyl halides is 1. The fourth-order valence-electron chi connectivity index (χ4n) is 1.16. The first kappa shape index (κ1) is 10.5. The van der Waals surface area contributed by atoms with Gasteiger partial charge in [0.15, 0.2) is 0 Å². The number of aryl methyl sites for hydroxylation is 1. The highest BCUT2D eigenvalue weighted by molar-refractivity contribution is 5.67. The van der Waals surface area contributed by atoms with E-state index in [0.717, 1.165) is 0 Å². The van der Waals surface area contributed by atoms with Gasteiger partial charge in [-0.2, -0.15) is 0 Å². The van der Waals surface area contributed by atoms with Crippen LogP contribution in [0.15, 0.2) is 18.2 Å². The van der Waals surface area contributed by atoms with Crippen LogP contribution < -0.4 is 0 Å². The van der Waals surface area contributed by atoms with Crippen LogP contribution in [0.4, 0.5) is 4.39 Å². The van der Waals surface area contributed by atoms with Crippen molar-refractivity contribution in [3.63, 3.8) is 0 Å². The fourth-order valence-corrected chi connectivity index (χ4v) is 1.16. The minimum absolute atomic E-state index is 0.0171. The molecule has 0 aromatic heterocycles. The number of rotatable bonds is 4. The molecule has 0 amide bonds. The molecule has 1 aromatic rings. The van der Waals surface area contributed by atoms with Gasteiger partial charge in [-0.1, -0.05) is 6.07 Å². The lowest BCUT2D eigenvalue weighted by atomic mass is 10.1. The lowest BCUT2D eigenvalue weighted by Crippen LogP contribution is -1.98. The largest absolute Gasteiger partial charge is 0.508 e. The molecule has 0 aliphatic rings. The second-order valence-electron chi connectivity index (χ2n) is 2.99. The predicted octanol–water partition coefficient (Wildman–Crippen LogP) is 1.88. The van der Waals surface area contributed by atoms with E-state index in [4.69, 9.17) is 5.11 Å². The molecule has 3 nitrogen and oxygen atoms in total. The Balaban J connectivity index is 2.78. The van der Waals surface area contributed by atoms with Crippen molar-refractivity contribution in [3.05, 3.63) is 29.3 Å². The van der Waals surface area contributed by atoms with Gasteiger partial charge in [-0.15, -0.1) is 0 Å². The Morgan fingerprint density at radius 1 is 1.43 bits per heavy atom. The Hall–Kier alpha value is -1.58. The van der Waals surface area contributed by atoms with Crippen LogP contribution in [-0.4, -0.2) is 16.2 Å². The zero-order valence-corrected chi connectivity index (χ0v) is 7.53. The summed E-state index contributed by atoms with van der Waals surface area (Å²) in [5.41, 5.74) is 0.922. The first-order chi connectivity index (χ1) is 6.63. The summed E-state index contributed by atoms with van der Waals surface area (Å²) < 4.78 is 12.2. The molecule has 0 unspecified atom stereocenters. The highest BCUT2D eigenvalue weighted by atomic mass is 19.1. The van der Waals surface area contributed by atoms with Crippen molar-refractivity contribution in [2.24, 2.45) is 0 Å². The van der Waals surface area contributed by atoms with Crippen molar-refractivity contribution < 1.29 is 19.4 Å². The number of hydrogen-bond acceptors (Lipinski definition) is 2. The SMILES string of the molecule is O=C(O)CCc1cc(CF)ccc1O. The Bertz CT molecular complexity index is 336. The molecule has 0 aliphatic carbocycles. The molecule has 14 heavy (non-hydrogen) atoms. The normalized spacial score (nSPS) is 10.1. The van der Waals surface area contributed by atoms with Crippen molar-refractivity contribution in [3.8, 4) is 5.75 Å². The minimum atomic E-state index is -0.935. The molecule has 76 valence electrons. The highest BCUT2D eigenvalue weighted by Crippen LogP contribution is 2.20. The van der Waals surface area contributed by atoms with Gasteiger partial charge in [-0.3, -0.25) is 4.79 Å². The molecular weight excluding hydrogens is 187 g/mol. The number of phenolic OH excluding ortho intramolecular Hbond substituents is 1. The zero-order chi connectivity index (χ0) is 10.6. The van der Waals surface area contributed by atoms with Crippen LogP contribution in [0.5, 0.6) is 5.75 Å². The number of halogens is 1. The van der Waals surface area contributed by atoms with Gasteiger partial charge in [0, 0.05) is 6.42 Å². The van der Waals surface area contributed by atoms with Crippen molar-refractivity contribution in [1.82, 2.24) is 0 Å². The molecule has 0 bridgehead atoms. The third-order valence-corrected chi connectivity index (χ3v) is 1.91. The van der Waals surface area contributed by atoms with Gasteiger partial charge in [0.1, 0.15) is 12.4 Å². The lowest BCUT2D eigenvalue weighted by Gasteiger charge is -2.04. The van der Waals surface area contributed by atoms with Crippen molar-refractivity contribution in [1.29, 1.82) is 0 Å². The summed E-state index contributed by atoms with van der Waals surface area (Å²) in [6.07, 6.45) is 0.151. The number of carboxylic acid groups (broad SMARTS) is 1. The van der Waals surface area contributed by atoms with E-state index in [2.05, 4.69) is 0 Å². The first-order valence-electron chi connectivity index (χ1n) is 4.22. The molecule has 0 heterocycles. The summed E-state index contributed by atoms with van der Waals surface area (Å²) in [5.74, 6) is -0.918. The monoisotopic (exact) mass is 198 g/mol. The van der Waals surface area contributed by atoms with E-state index in [9.17, 15) is 14.3 Å². The molecule has 0 saturated carbocycles. The Morgan fingerprint density at radius 3 is 2.71 bits per heavy atom.